The monoisotopic (exact) mass is 241 g/mol. The highest BCUT2D eigenvalue weighted by atomic mass is 16.5. The largest absolute Gasteiger partial charge is 0.450 e. The Bertz CT molecular complexity index is 241. The fraction of sp³-hybridized carbons (Fsp3) is 0.692. The summed E-state index contributed by atoms with van der Waals surface area (Å²) in [6, 6.07) is -0.444. The van der Waals surface area contributed by atoms with Gasteiger partial charge in [0.2, 0.25) is 0 Å². The first-order chi connectivity index (χ1) is 8.13. The average molecular weight is 241 g/mol. The molecule has 1 amide bonds. The topological polar surface area (TPSA) is 55.4 Å². The molecule has 2 unspecified atom stereocenters. The molecule has 0 aliphatic heterocycles. The molecule has 1 N–H and O–H groups in total. The maximum atomic E-state index is 11.1. The lowest BCUT2D eigenvalue weighted by atomic mass is 9.97. The van der Waals surface area contributed by atoms with Crippen molar-refractivity contribution in [1.82, 2.24) is 5.32 Å². The summed E-state index contributed by atoms with van der Waals surface area (Å²) in [6.07, 6.45) is 5.74. The molecule has 4 nitrogen and oxygen atoms in total. The van der Waals surface area contributed by atoms with E-state index < -0.39 is 12.1 Å². The summed E-state index contributed by atoms with van der Waals surface area (Å²) < 4.78 is 4.72. The average Bonchev–Trinajstić information content (AvgIpc) is 2.32. The van der Waals surface area contributed by atoms with Gasteiger partial charge in [-0.3, -0.25) is 0 Å². The molecule has 0 radical (unpaired) electrons. The van der Waals surface area contributed by atoms with Crippen LogP contribution in [-0.2, 0) is 9.53 Å². The van der Waals surface area contributed by atoms with Crippen LogP contribution < -0.4 is 5.32 Å². The van der Waals surface area contributed by atoms with Crippen LogP contribution in [0.1, 0.15) is 39.5 Å². The van der Waals surface area contributed by atoms with E-state index in [0.29, 0.717) is 18.9 Å². The highest BCUT2D eigenvalue weighted by Gasteiger charge is 2.13. The third-order valence-electron chi connectivity index (χ3n) is 2.58. The van der Waals surface area contributed by atoms with Gasteiger partial charge in [-0.15, -0.1) is 6.58 Å². The van der Waals surface area contributed by atoms with Crippen LogP contribution in [0.25, 0.3) is 0 Å². The van der Waals surface area contributed by atoms with E-state index in [9.17, 15) is 9.59 Å². The lowest BCUT2D eigenvalue weighted by molar-refractivity contribution is -0.109. The molecule has 0 aliphatic rings. The van der Waals surface area contributed by atoms with Crippen molar-refractivity contribution in [3.63, 3.8) is 0 Å². The minimum atomic E-state index is -0.525. The number of nitrogens with one attached hydrogen (secondary N) is 1. The third kappa shape index (κ3) is 8.48. The zero-order valence-electron chi connectivity index (χ0n) is 10.8. The SMILES string of the molecule is C=CCCC(C)CCC(C=O)NC(=O)OCC. The second kappa shape index (κ2) is 9.87. The fourth-order valence-corrected chi connectivity index (χ4v) is 1.51. The van der Waals surface area contributed by atoms with Crippen LogP contribution in [0.15, 0.2) is 12.7 Å². The Hall–Kier alpha value is -1.32. The van der Waals surface area contributed by atoms with Crippen molar-refractivity contribution in [1.29, 1.82) is 0 Å². The van der Waals surface area contributed by atoms with E-state index >= 15 is 0 Å². The molecule has 0 bridgehead atoms. The van der Waals surface area contributed by atoms with Gasteiger partial charge in [-0.1, -0.05) is 13.0 Å². The summed E-state index contributed by atoms with van der Waals surface area (Å²) in [5.74, 6) is 0.527. The molecule has 0 aliphatic carbocycles. The minimum Gasteiger partial charge on any atom is -0.450 e. The van der Waals surface area contributed by atoms with Crippen LogP contribution in [0.3, 0.4) is 0 Å². The number of hydrogen-bond donors (Lipinski definition) is 1. The van der Waals surface area contributed by atoms with E-state index in [1.165, 1.54) is 0 Å². The van der Waals surface area contributed by atoms with E-state index in [2.05, 4.69) is 18.8 Å². The van der Waals surface area contributed by atoms with Gasteiger partial charge in [-0.2, -0.15) is 0 Å². The van der Waals surface area contributed by atoms with Gasteiger partial charge in [0.25, 0.3) is 0 Å². The Morgan fingerprint density at radius 3 is 2.65 bits per heavy atom. The zero-order chi connectivity index (χ0) is 13.1. The third-order valence-corrected chi connectivity index (χ3v) is 2.58. The Morgan fingerprint density at radius 1 is 1.41 bits per heavy atom. The van der Waals surface area contributed by atoms with Gasteiger partial charge in [-0.05, 0) is 38.5 Å². The number of carbonyl (C=O) groups excluding carboxylic acids is 2. The van der Waals surface area contributed by atoms with Crippen molar-refractivity contribution in [2.45, 2.75) is 45.6 Å². The molecule has 0 saturated carbocycles. The van der Waals surface area contributed by atoms with Gasteiger partial charge in [0.05, 0.1) is 12.6 Å². The Labute approximate surface area is 103 Å². The number of alkyl carbamates (subject to hydrolysis) is 1. The molecule has 0 spiro atoms. The van der Waals surface area contributed by atoms with Gasteiger partial charge in [-0.25, -0.2) is 4.79 Å². The van der Waals surface area contributed by atoms with Gasteiger partial charge in [0.15, 0.2) is 0 Å². The standard InChI is InChI=1S/C13H23NO3/c1-4-6-7-11(3)8-9-12(10-15)14-13(16)17-5-2/h4,10-12H,1,5-9H2,2-3H3,(H,14,16). The number of aldehydes is 1. The number of amides is 1. The van der Waals surface area contributed by atoms with Crippen molar-refractivity contribution < 1.29 is 14.3 Å². The van der Waals surface area contributed by atoms with E-state index in [0.717, 1.165) is 25.5 Å². The molecule has 0 heterocycles. The first kappa shape index (κ1) is 15.7. The summed E-state index contributed by atoms with van der Waals surface area (Å²) in [6.45, 7) is 7.85. The molecule has 0 aromatic carbocycles. The van der Waals surface area contributed by atoms with Gasteiger partial charge in [0.1, 0.15) is 6.29 Å². The van der Waals surface area contributed by atoms with Gasteiger partial charge < -0.3 is 14.8 Å². The zero-order valence-corrected chi connectivity index (χ0v) is 10.8. The molecular weight excluding hydrogens is 218 g/mol. The molecular formula is C13H23NO3. The van der Waals surface area contributed by atoms with Crippen molar-refractivity contribution in [2.24, 2.45) is 5.92 Å². The van der Waals surface area contributed by atoms with Crippen LogP contribution in [0.2, 0.25) is 0 Å². The fourth-order valence-electron chi connectivity index (χ4n) is 1.51. The van der Waals surface area contributed by atoms with E-state index in [-0.39, 0.29) is 0 Å². The summed E-state index contributed by atoms with van der Waals surface area (Å²) >= 11 is 0. The summed E-state index contributed by atoms with van der Waals surface area (Å²) in [5, 5.41) is 2.53. The van der Waals surface area contributed by atoms with Gasteiger partial charge >= 0.3 is 6.09 Å². The molecule has 2 atom stereocenters. The van der Waals surface area contributed by atoms with Crippen LogP contribution in [0.4, 0.5) is 4.79 Å². The highest BCUT2D eigenvalue weighted by Crippen LogP contribution is 2.13. The van der Waals surface area contributed by atoms with Crippen LogP contribution >= 0.6 is 0 Å². The number of carbonyl (C=O) groups is 2. The van der Waals surface area contributed by atoms with E-state index in [4.69, 9.17) is 4.74 Å². The molecule has 0 fully saturated rings. The van der Waals surface area contributed by atoms with Crippen molar-refractivity contribution in [2.75, 3.05) is 6.61 Å². The molecule has 0 saturated heterocycles. The summed E-state index contributed by atoms with van der Waals surface area (Å²) in [7, 11) is 0. The number of allylic oxidation sites excluding steroid dienone is 1. The lowest BCUT2D eigenvalue weighted by Gasteiger charge is -2.15. The number of hydrogen-bond acceptors (Lipinski definition) is 3. The Balaban J connectivity index is 3.84. The quantitative estimate of drug-likeness (QED) is 0.499. The maximum absolute atomic E-state index is 11.1. The van der Waals surface area contributed by atoms with Crippen molar-refractivity contribution >= 4 is 12.4 Å². The van der Waals surface area contributed by atoms with Crippen molar-refractivity contribution in [3.05, 3.63) is 12.7 Å². The first-order valence-electron chi connectivity index (χ1n) is 6.13. The molecule has 0 rings (SSSR count). The predicted molar refractivity (Wildman–Crippen MR) is 67.8 cm³/mol. The maximum Gasteiger partial charge on any atom is 0.407 e. The highest BCUT2D eigenvalue weighted by molar-refractivity contribution is 5.72. The number of rotatable bonds is 9. The molecule has 0 aromatic rings. The Kier molecular flexibility index (Phi) is 9.11. The number of ether oxygens (including phenoxy) is 1. The van der Waals surface area contributed by atoms with Crippen molar-refractivity contribution in [3.8, 4) is 0 Å². The van der Waals surface area contributed by atoms with Crippen LogP contribution in [0, 0.1) is 5.92 Å². The summed E-state index contributed by atoms with van der Waals surface area (Å²) in [4.78, 5) is 21.9. The molecule has 98 valence electrons. The molecule has 0 aromatic heterocycles. The first-order valence-corrected chi connectivity index (χ1v) is 6.13. The summed E-state index contributed by atoms with van der Waals surface area (Å²) in [5.41, 5.74) is 0. The second-order valence-corrected chi connectivity index (χ2v) is 4.16. The predicted octanol–water partition coefficient (Wildman–Crippen LogP) is 2.68. The van der Waals surface area contributed by atoms with Crippen LogP contribution in [-0.4, -0.2) is 25.0 Å². The molecule has 17 heavy (non-hydrogen) atoms. The second-order valence-electron chi connectivity index (χ2n) is 4.16. The van der Waals surface area contributed by atoms with Gasteiger partial charge in [0, 0.05) is 0 Å². The smallest absolute Gasteiger partial charge is 0.407 e. The van der Waals surface area contributed by atoms with Crippen LogP contribution in [0.5, 0.6) is 0 Å². The Morgan fingerprint density at radius 2 is 2.12 bits per heavy atom. The van der Waals surface area contributed by atoms with E-state index in [1.807, 2.05) is 6.08 Å². The normalized spacial score (nSPS) is 13.5. The lowest BCUT2D eigenvalue weighted by Crippen LogP contribution is -2.36. The molecule has 4 heteroatoms. The minimum absolute atomic E-state index is 0.313. The van der Waals surface area contributed by atoms with E-state index in [1.54, 1.807) is 6.92 Å².